The van der Waals surface area contributed by atoms with E-state index in [0.717, 1.165) is 11.3 Å². The summed E-state index contributed by atoms with van der Waals surface area (Å²) in [5.41, 5.74) is 0.965. The first kappa shape index (κ1) is 17.9. The fourth-order valence-corrected chi connectivity index (χ4v) is 2.18. The lowest BCUT2D eigenvalue weighted by molar-refractivity contribution is -0.138. The van der Waals surface area contributed by atoms with E-state index in [1.807, 2.05) is 25.1 Å². The summed E-state index contributed by atoms with van der Waals surface area (Å²) in [6, 6.07) is 10.7. The van der Waals surface area contributed by atoms with E-state index < -0.39 is 11.3 Å². The van der Waals surface area contributed by atoms with Gasteiger partial charge in [0.15, 0.2) is 0 Å². The van der Waals surface area contributed by atoms with Gasteiger partial charge in [0.05, 0.1) is 12.2 Å². The van der Waals surface area contributed by atoms with Crippen LogP contribution in [0.2, 0.25) is 5.02 Å². The van der Waals surface area contributed by atoms with Gasteiger partial charge in [0.1, 0.15) is 5.41 Å². The lowest BCUT2D eigenvalue weighted by Crippen LogP contribution is -2.45. The van der Waals surface area contributed by atoms with Crippen molar-refractivity contribution in [2.45, 2.75) is 27.3 Å². The molecular weight excluding hydrogens is 326 g/mol. The molecule has 2 amide bonds. The Balaban J connectivity index is 2.03. The maximum atomic E-state index is 12.5. The Morgan fingerprint density at radius 3 is 2.58 bits per heavy atom. The van der Waals surface area contributed by atoms with E-state index in [0.29, 0.717) is 10.7 Å². The van der Waals surface area contributed by atoms with Gasteiger partial charge >= 0.3 is 0 Å². The number of pyridine rings is 1. The molecule has 2 rings (SSSR count). The normalized spacial score (nSPS) is 11.0. The zero-order chi connectivity index (χ0) is 17.7. The maximum absolute atomic E-state index is 12.5. The molecular formula is C18H20ClN3O2. The van der Waals surface area contributed by atoms with E-state index in [4.69, 9.17) is 11.6 Å². The van der Waals surface area contributed by atoms with E-state index in [1.165, 1.54) is 0 Å². The number of amides is 2. The summed E-state index contributed by atoms with van der Waals surface area (Å²) in [7, 11) is 0. The Bertz CT molecular complexity index is 745. The molecule has 0 saturated heterocycles. The molecule has 0 saturated carbocycles. The van der Waals surface area contributed by atoms with Crippen molar-refractivity contribution in [2.75, 3.05) is 5.32 Å². The van der Waals surface area contributed by atoms with Crippen molar-refractivity contribution >= 4 is 29.1 Å². The third kappa shape index (κ3) is 4.32. The zero-order valence-corrected chi connectivity index (χ0v) is 14.6. The van der Waals surface area contributed by atoms with Gasteiger partial charge in [-0.1, -0.05) is 23.7 Å². The van der Waals surface area contributed by atoms with Crippen LogP contribution in [0.5, 0.6) is 0 Å². The fraction of sp³-hybridized carbons (Fsp3) is 0.278. The Morgan fingerprint density at radius 2 is 1.92 bits per heavy atom. The quantitative estimate of drug-likeness (QED) is 0.816. The number of carbonyl (C=O) groups is 2. The van der Waals surface area contributed by atoms with Crippen LogP contribution in [0.25, 0.3) is 0 Å². The first-order chi connectivity index (χ1) is 11.3. The predicted molar refractivity (Wildman–Crippen MR) is 94.7 cm³/mol. The van der Waals surface area contributed by atoms with Gasteiger partial charge in [-0.05, 0) is 50.6 Å². The summed E-state index contributed by atoms with van der Waals surface area (Å²) < 4.78 is 0. The van der Waals surface area contributed by atoms with E-state index >= 15 is 0 Å². The van der Waals surface area contributed by atoms with E-state index in [1.54, 1.807) is 38.2 Å². The van der Waals surface area contributed by atoms with Gasteiger partial charge in [-0.3, -0.25) is 14.6 Å². The number of benzene rings is 1. The Morgan fingerprint density at radius 1 is 1.17 bits per heavy atom. The minimum absolute atomic E-state index is 0.270. The number of nitrogens with zero attached hydrogens (tertiary/aromatic N) is 1. The molecule has 0 aliphatic heterocycles. The van der Waals surface area contributed by atoms with E-state index in [2.05, 4.69) is 15.6 Å². The molecule has 0 aliphatic carbocycles. The molecule has 0 spiro atoms. The van der Waals surface area contributed by atoms with Gasteiger partial charge < -0.3 is 10.6 Å². The van der Waals surface area contributed by atoms with Crippen molar-refractivity contribution in [3.05, 3.63) is 58.9 Å². The van der Waals surface area contributed by atoms with Crippen LogP contribution in [0.3, 0.4) is 0 Å². The molecule has 0 unspecified atom stereocenters. The van der Waals surface area contributed by atoms with Crippen molar-refractivity contribution in [3.8, 4) is 0 Å². The highest BCUT2D eigenvalue weighted by atomic mass is 35.5. The van der Waals surface area contributed by atoms with Crippen molar-refractivity contribution in [3.63, 3.8) is 0 Å². The van der Waals surface area contributed by atoms with Crippen LogP contribution in [0.1, 0.15) is 25.1 Å². The second kappa shape index (κ2) is 7.45. The highest BCUT2D eigenvalue weighted by Crippen LogP contribution is 2.24. The van der Waals surface area contributed by atoms with Crippen molar-refractivity contribution in [1.29, 1.82) is 0 Å². The second-order valence-corrected chi connectivity index (χ2v) is 6.48. The van der Waals surface area contributed by atoms with Crippen LogP contribution in [0.4, 0.5) is 5.69 Å². The van der Waals surface area contributed by atoms with Gasteiger partial charge in [-0.15, -0.1) is 0 Å². The first-order valence-corrected chi connectivity index (χ1v) is 7.94. The summed E-state index contributed by atoms with van der Waals surface area (Å²) in [6.07, 6.45) is 1.65. The van der Waals surface area contributed by atoms with Crippen LogP contribution >= 0.6 is 11.6 Å². The summed E-state index contributed by atoms with van der Waals surface area (Å²) in [5, 5.41) is 6.04. The van der Waals surface area contributed by atoms with Crippen LogP contribution in [0.15, 0.2) is 42.6 Å². The highest BCUT2D eigenvalue weighted by Gasteiger charge is 2.36. The van der Waals surface area contributed by atoms with Gasteiger partial charge in [0.25, 0.3) is 0 Å². The number of aryl methyl sites for hydroxylation is 1. The topological polar surface area (TPSA) is 71.1 Å². The molecule has 2 aromatic rings. The minimum atomic E-state index is -1.23. The molecule has 24 heavy (non-hydrogen) atoms. The Hall–Kier alpha value is -2.40. The second-order valence-electron chi connectivity index (χ2n) is 6.04. The molecule has 6 heteroatoms. The lowest BCUT2D eigenvalue weighted by Gasteiger charge is -2.23. The number of rotatable bonds is 5. The largest absolute Gasteiger partial charge is 0.350 e. The van der Waals surface area contributed by atoms with Crippen LogP contribution in [0, 0.1) is 12.3 Å². The van der Waals surface area contributed by atoms with Gasteiger partial charge in [0.2, 0.25) is 11.8 Å². The molecule has 2 N–H and O–H groups in total. The van der Waals surface area contributed by atoms with Gasteiger partial charge in [0, 0.05) is 16.9 Å². The predicted octanol–water partition coefficient (Wildman–Crippen LogP) is 3.32. The number of halogens is 1. The number of nitrogens with one attached hydrogen (secondary N) is 2. The molecule has 1 aromatic carbocycles. The molecule has 0 fully saturated rings. The van der Waals surface area contributed by atoms with Gasteiger partial charge in [-0.25, -0.2) is 0 Å². The summed E-state index contributed by atoms with van der Waals surface area (Å²) >= 11 is 5.96. The molecule has 1 aromatic heterocycles. The molecule has 126 valence electrons. The van der Waals surface area contributed by atoms with Gasteiger partial charge in [-0.2, -0.15) is 0 Å². The number of anilines is 1. The third-order valence-electron chi connectivity index (χ3n) is 3.74. The SMILES string of the molecule is Cc1ccc(Cl)cc1NC(=O)C(C)(C)C(=O)NCc1ccccn1. The van der Waals surface area contributed by atoms with Crippen molar-refractivity contribution in [1.82, 2.24) is 10.3 Å². The number of carbonyl (C=O) groups excluding carboxylic acids is 2. The molecule has 5 nitrogen and oxygen atoms in total. The van der Waals surface area contributed by atoms with Crippen molar-refractivity contribution in [2.24, 2.45) is 5.41 Å². The maximum Gasteiger partial charge on any atom is 0.239 e. The summed E-state index contributed by atoms with van der Waals surface area (Å²) in [6.45, 7) is 5.29. The summed E-state index contributed by atoms with van der Waals surface area (Å²) in [4.78, 5) is 29.1. The molecule has 0 atom stereocenters. The molecule has 0 bridgehead atoms. The average Bonchev–Trinajstić information content (AvgIpc) is 2.56. The van der Waals surface area contributed by atoms with E-state index in [9.17, 15) is 9.59 Å². The molecule has 0 radical (unpaired) electrons. The minimum Gasteiger partial charge on any atom is -0.350 e. The van der Waals surface area contributed by atoms with Crippen LogP contribution in [-0.2, 0) is 16.1 Å². The number of hydrogen-bond acceptors (Lipinski definition) is 3. The fourth-order valence-electron chi connectivity index (χ4n) is 2.01. The lowest BCUT2D eigenvalue weighted by atomic mass is 9.90. The first-order valence-electron chi connectivity index (χ1n) is 7.56. The van der Waals surface area contributed by atoms with E-state index in [-0.39, 0.29) is 12.5 Å². The van der Waals surface area contributed by atoms with Crippen molar-refractivity contribution < 1.29 is 9.59 Å². The van der Waals surface area contributed by atoms with Crippen LogP contribution in [-0.4, -0.2) is 16.8 Å². The van der Waals surface area contributed by atoms with Crippen LogP contribution < -0.4 is 10.6 Å². The standard InChI is InChI=1S/C18H20ClN3O2/c1-12-7-8-13(19)10-15(12)22-17(24)18(2,3)16(23)21-11-14-6-4-5-9-20-14/h4-10H,11H2,1-3H3,(H,21,23)(H,22,24). The average molecular weight is 346 g/mol. The smallest absolute Gasteiger partial charge is 0.239 e. The number of aromatic nitrogens is 1. The Labute approximate surface area is 146 Å². The zero-order valence-electron chi connectivity index (χ0n) is 13.9. The third-order valence-corrected chi connectivity index (χ3v) is 3.97. The Kier molecular flexibility index (Phi) is 5.57. The summed E-state index contributed by atoms with van der Waals surface area (Å²) in [5.74, 6) is -0.767. The molecule has 1 heterocycles. The number of hydrogen-bond donors (Lipinski definition) is 2. The monoisotopic (exact) mass is 345 g/mol. The molecule has 0 aliphatic rings. The highest BCUT2D eigenvalue weighted by molar-refractivity contribution is 6.31.